The Labute approximate surface area is 202 Å². The summed E-state index contributed by atoms with van der Waals surface area (Å²) in [6.07, 6.45) is 4.87. The van der Waals surface area contributed by atoms with Gasteiger partial charge in [0.25, 0.3) is 15.9 Å². The van der Waals surface area contributed by atoms with E-state index < -0.39 is 15.6 Å². The van der Waals surface area contributed by atoms with Crippen LogP contribution in [0.4, 0.5) is 5.69 Å². The number of hydrogen-bond acceptors (Lipinski definition) is 7. The van der Waals surface area contributed by atoms with Crippen molar-refractivity contribution in [3.05, 3.63) is 90.6 Å². The zero-order valence-corrected chi connectivity index (χ0v) is 19.5. The lowest BCUT2D eigenvalue weighted by atomic mass is 9.84. The number of anilines is 1. The molecule has 1 saturated heterocycles. The van der Waals surface area contributed by atoms with Gasteiger partial charge >= 0.3 is 0 Å². The van der Waals surface area contributed by atoms with E-state index in [9.17, 15) is 18.3 Å². The van der Waals surface area contributed by atoms with Crippen molar-refractivity contribution < 1.29 is 18.3 Å². The number of sulfonamides is 1. The molecule has 35 heavy (non-hydrogen) atoms. The molecule has 0 atom stereocenters. The first-order valence-corrected chi connectivity index (χ1v) is 12.6. The fourth-order valence-electron chi connectivity index (χ4n) is 4.25. The van der Waals surface area contributed by atoms with Crippen molar-refractivity contribution in [2.24, 2.45) is 0 Å². The number of piperidine rings is 1. The summed E-state index contributed by atoms with van der Waals surface area (Å²) < 4.78 is 28.4. The van der Waals surface area contributed by atoms with Gasteiger partial charge in [-0.05, 0) is 30.5 Å². The SMILES string of the molecule is O=C(c1ncc(NS(=O)(=O)c2cccc3cccnc23)cn1)N1CCC(O)(c2ccccc2)CC1. The number of benzene rings is 2. The summed E-state index contributed by atoms with van der Waals surface area (Å²) in [7, 11) is -3.95. The predicted molar refractivity (Wildman–Crippen MR) is 130 cm³/mol. The molecule has 2 N–H and O–H groups in total. The van der Waals surface area contributed by atoms with Gasteiger partial charge in [0.15, 0.2) is 0 Å². The topological polar surface area (TPSA) is 125 Å². The minimum absolute atomic E-state index is 0.0370. The molecular weight excluding hydrogens is 466 g/mol. The van der Waals surface area contributed by atoms with E-state index >= 15 is 0 Å². The number of fused-ring (bicyclic) bond motifs is 1. The lowest BCUT2D eigenvalue weighted by Crippen LogP contribution is -2.45. The van der Waals surface area contributed by atoms with E-state index in [1.807, 2.05) is 30.3 Å². The quantitative estimate of drug-likeness (QED) is 0.441. The number of rotatable bonds is 5. The molecule has 9 nitrogen and oxygen atoms in total. The van der Waals surface area contributed by atoms with Gasteiger partial charge < -0.3 is 10.0 Å². The highest BCUT2D eigenvalue weighted by molar-refractivity contribution is 7.93. The highest BCUT2D eigenvalue weighted by Crippen LogP contribution is 2.33. The highest BCUT2D eigenvalue weighted by Gasteiger charge is 2.36. The number of amides is 1. The van der Waals surface area contributed by atoms with Crippen molar-refractivity contribution in [1.29, 1.82) is 0 Å². The third kappa shape index (κ3) is 4.58. The Kier molecular flexibility index (Phi) is 5.91. The number of nitrogens with zero attached hydrogens (tertiary/aromatic N) is 4. The first-order chi connectivity index (χ1) is 16.9. The number of aliphatic hydroxyl groups is 1. The molecule has 4 aromatic rings. The number of carbonyl (C=O) groups is 1. The van der Waals surface area contributed by atoms with E-state index in [1.165, 1.54) is 24.7 Å². The maximum Gasteiger partial charge on any atom is 0.291 e. The Hall–Kier alpha value is -3.89. The van der Waals surface area contributed by atoms with Crippen molar-refractivity contribution in [3.63, 3.8) is 0 Å². The maximum absolute atomic E-state index is 13.0. The maximum atomic E-state index is 13.0. The molecule has 0 saturated carbocycles. The largest absolute Gasteiger partial charge is 0.385 e. The van der Waals surface area contributed by atoms with Crippen LogP contribution >= 0.6 is 0 Å². The average molecular weight is 490 g/mol. The second-order valence-electron chi connectivity index (χ2n) is 8.42. The highest BCUT2D eigenvalue weighted by atomic mass is 32.2. The normalized spacial score (nSPS) is 15.6. The fraction of sp³-hybridized carbons (Fsp3) is 0.200. The summed E-state index contributed by atoms with van der Waals surface area (Å²) in [5.41, 5.74) is 0.348. The third-order valence-corrected chi connectivity index (χ3v) is 7.58. The minimum Gasteiger partial charge on any atom is -0.385 e. The smallest absolute Gasteiger partial charge is 0.291 e. The molecule has 1 fully saturated rings. The van der Waals surface area contributed by atoms with Gasteiger partial charge in [0.05, 0.1) is 29.2 Å². The minimum atomic E-state index is -3.95. The van der Waals surface area contributed by atoms with E-state index in [2.05, 4.69) is 19.7 Å². The molecule has 10 heteroatoms. The van der Waals surface area contributed by atoms with Gasteiger partial charge in [-0.25, -0.2) is 18.4 Å². The van der Waals surface area contributed by atoms with Gasteiger partial charge in [-0.3, -0.25) is 14.5 Å². The Morgan fingerprint density at radius 3 is 2.31 bits per heavy atom. The number of nitrogens with one attached hydrogen (secondary N) is 1. The Morgan fingerprint density at radius 1 is 0.914 bits per heavy atom. The molecule has 2 aromatic heterocycles. The summed E-state index contributed by atoms with van der Waals surface area (Å²) in [6, 6.07) is 17.8. The van der Waals surface area contributed by atoms with E-state index in [1.54, 1.807) is 29.2 Å². The van der Waals surface area contributed by atoms with Crippen molar-refractivity contribution in [2.75, 3.05) is 17.8 Å². The number of para-hydroxylation sites is 1. The molecule has 0 aliphatic carbocycles. The van der Waals surface area contributed by atoms with E-state index in [4.69, 9.17) is 0 Å². The van der Waals surface area contributed by atoms with Gasteiger partial charge in [-0.1, -0.05) is 48.5 Å². The first-order valence-electron chi connectivity index (χ1n) is 11.1. The number of carbonyl (C=O) groups excluding carboxylic acids is 1. The van der Waals surface area contributed by atoms with Crippen LogP contribution in [0, 0.1) is 0 Å². The second-order valence-corrected chi connectivity index (χ2v) is 10.1. The molecule has 1 aliphatic heterocycles. The lowest BCUT2D eigenvalue weighted by Gasteiger charge is -2.38. The summed E-state index contributed by atoms with van der Waals surface area (Å²) in [6.45, 7) is 0.714. The Bertz CT molecular complexity index is 1460. The van der Waals surface area contributed by atoms with Crippen molar-refractivity contribution in [2.45, 2.75) is 23.3 Å². The molecule has 3 heterocycles. The number of likely N-dealkylation sites (tertiary alicyclic amines) is 1. The fourth-order valence-corrected chi connectivity index (χ4v) is 5.46. The van der Waals surface area contributed by atoms with Crippen LogP contribution in [-0.4, -0.2) is 52.4 Å². The predicted octanol–water partition coefficient (Wildman–Crippen LogP) is 2.95. The Balaban J connectivity index is 1.27. The number of pyridine rings is 1. The monoisotopic (exact) mass is 489 g/mol. The average Bonchev–Trinajstić information content (AvgIpc) is 2.89. The van der Waals surface area contributed by atoms with Crippen LogP contribution in [0.15, 0.2) is 84.1 Å². The molecule has 1 amide bonds. The molecule has 0 unspecified atom stereocenters. The van der Waals surface area contributed by atoms with Gasteiger partial charge in [0, 0.05) is 24.7 Å². The van der Waals surface area contributed by atoms with Crippen molar-refractivity contribution in [1.82, 2.24) is 19.9 Å². The van der Waals surface area contributed by atoms with E-state index in [0.717, 1.165) is 5.56 Å². The molecule has 0 radical (unpaired) electrons. The molecular formula is C25H23N5O4S. The van der Waals surface area contributed by atoms with Crippen LogP contribution in [0.5, 0.6) is 0 Å². The van der Waals surface area contributed by atoms with Crippen LogP contribution in [0.25, 0.3) is 10.9 Å². The summed E-state index contributed by atoms with van der Waals surface area (Å²) in [4.78, 5) is 26.9. The van der Waals surface area contributed by atoms with Crippen molar-refractivity contribution in [3.8, 4) is 0 Å². The van der Waals surface area contributed by atoms with Gasteiger partial charge in [-0.2, -0.15) is 0 Å². The number of aromatic nitrogens is 3. The van der Waals surface area contributed by atoms with E-state index in [0.29, 0.717) is 36.8 Å². The van der Waals surface area contributed by atoms with Crippen LogP contribution < -0.4 is 4.72 Å². The molecule has 178 valence electrons. The first kappa shape index (κ1) is 22.9. The zero-order valence-electron chi connectivity index (χ0n) is 18.7. The van der Waals surface area contributed by atoms with Crippen molar-refractivity contribution >= 4 is 32.5 Å². The molecule has 2 aromatic carbocycles. The molecule has 1 aliphatic rings. The van der Waals surface area contributed by atoms with Gasteiger partial charge in [0.2, 0.25) is 5.82 Å². The van der Waals surface area contributed by atoms with Crippen LogP contribution in [0.1, 0.15) is 29.0 Å². The van der Waals surface area contributed by atoms with E-state index in [-0.39, 0.29) is 22.3 Å². The summed E-state index contributed by atoms with van der Waals surface area (Å²) in [5, 5.41) is 11.7. The standard InChI is InChI=1S/C25H23N5O4S/c31-24(30-14-11-25(32,12-15-30)19-8-2-1-3-9-19)23-27-16-20(17-28-23)29-35(33,34)21-10-4-6-18-7-5-13-26-22(18)21/h1-10,13,16-17,29,32H,11-12,14-15H2. The Morgan fingerprint density at radius 2 is 1.60 bits per heavy atom. The third-order valence-electron chi connectivity index (χ3n) is 6.17. The van der Waals surface area contributed by atoms with Crippen LogP contribution in [-0.2, 0) is 15.6 Å². The van der Waals surface area contributed by atoms with Crippen LogP contribution in [0.2, 0.25) is 0 Å². The molecule has 0 bridgehead atoms. The van der Waals surface area contributed by atoms with Crippen LogP contribution in [0.3, 0.4) is 0 Å². The second kappa shape index (κ2) is 9.05. The number of hydrogen-bond donors (Lipinski definition) is 2. The zero-order chi connectivity index (χ0) is 24.5. The molecule has 5 rings (SSSR count). The lowest BCUT2D eigenvalue weighted by molar-refractivity contribution is -0.0214. The molecule has 0 spiro atoms. The van der Waals surface area contributed by atoms with Gasteiger partial charge in [0.1, 0.15) is 4.90 Å². The van der Waals surface area contributed by atoms with Gasteiger partial charge in [-0.15, -0.1) is 0 Å². The summed E-state index contributed by atoms with van der Waals surface area (Å²) in [5.74, 6) is -0.405. The summed E-state index contributed by atoms with van der Waals surface area (Å²) >= 11 is 0.